The average Bonchev–Trinajstić information content (AvgIpc) is 3.20. The monoisotopic (exact) mass is 297 g/mol. The van der Waals surface area contributed by atoms with Gasteiger partial charge in [-0.25, -0.2) is 4.68 Å². The van der Waals surface area contributed by atoms with Gasteiger partial charge in [0, 0.05) is 24.9 Å². The van der Waals surface area contributed by atoms with E-state index in [4.69, 9.17) is 4.74 Å². The van der Waals surface area contributed by atoms with Crippen molar-refractivity contribution in [1.82, 2.24) is 25.5 Å². The fraction of sp³-hybridized carbons (Fsp3) is 0.923. The zero-order chi connectivity index (χ0) is 13.8. The van der Waals surface area contributed by atoms with E-state index in [1.807, 2.05) is 23.6 Å². The smallest absolute Gasteiger partial charge is 0.209 e. The van der Waals surface area contributed by atoms with E-state index in [-0.39, 0.29) is 0 Å². The highest BCUT2D eigenvalue weighted by atomic mass is 32.2. The Kier molecular flexibility index (Phi) is 4.90. The summed E-state index contributed by atoms with van der Waals surface area (Å²) in [5.74, 6) is 0. The highest BCUT2D eigenvalue weighted by Crippen LogP contribution is 2.33. The Bertz CT molecular complexity index is 423. The number of hydrogen-bond acceptors (Lipinski definition) is 6. The molecule has 7 heteroatoms. The van der Waals surface area contributed by atoms with Crippen molar-refractivity contribution < 1.29 is 4.74 Å². The molecule has 2 aliphatic rings. The molecule has 1 N–H and O–H groups in total. The summed E-state index contributed by atoms with van der Waals surface area (Å²) < 4.78 is 7.41. The van der Waals surface area contributed by atoms with Crippen molar-refractivity contribution in [2.24, 2.45) is 0 Å². The van der Waals surface area contributed by atoms with E-state index >= 15 is 0 Å². The number of thioether (sulfide) groups is 1. The van der Waals surface area contributed by atoms with Crippen LogP contribution in [0.1, 0.15) is 38.5 Å². The average molecular weight is 297 g/mol. The van der Waals surface area contributed by atoms with Gasteiger partial charge in [-0.05, 0) is 49.0 Å². The van der Waals surface area contributed by atoms with Crippen molar-refractivity contribution in [1.29, 1.82) is 0 Å². The molecular weight excluding hydrogens is 274 g/mol. The molecule has 2 fully saturated rings. The van der Waals surface area contributed by atoms with Crippen LogP contribution in [0.3, 0.4) is 0 Å². The third-order valence-corrected chi connectivity index (χ3v) is 5.28. The van der Waals surface area contributed by atoms with E-state index in [9.17, 15) is 0 Å². The lowest BCUT2D eigenvalue weighted by Crippen LogP contribution is -2.25. The maximum absolute atomic E-state index is 5.49. The minimum atomic E-state index is 0.405. The molecule has 0 bridgehead atoms. The van der Waals surface area contributed by atoms with Crippen LogP contribution in [0.25, 0.3) is 0 Å². The van der Waals surface area contributed by atoms with Crippen LogP contribution < -0.4 is 5.32 Å². The van der Waals surface area contributed by atoms with Crippen molar-refractivity contribution >= 4 is 11.8 Å². The molecule has 1 aromatic rings. The van der Waals surface area contributed by atoms with Gasteiger partial charge in [0.1, 0.15) is 0 Å². The number of nitrogens with one attached hydrogen (secondary N) is 1. The number of tetrazole rings is 1. The van der Waals surface area contributed by atoms with Gasteiger partial charge in [0.15, 0.2) is 0 Å². The molecule has 0 saturated heterocycles. The summed E-state index contributed by atoms with van der Waals surface area (Å²) in [6.45, 7) is 1.81. The summed E-state index contributed by atoms with van der Waals surface area (Å²) in [4.78, 5) is 0. The van der Waals surface area contributed by atoms with E-state index in [0.717, 1.165) is 30.7 Å². The van der Waals surface area contributed by atoms with Crippen LogP contribution in [0.5, 0.6) is 0 Å². The third-order valence-electron chi connectivity index (χ3n) is 4.02. The third kappa shape index (κ3) is 3.93. The summed E-state index contributed by atoms with van der Waals surface area (Å²) >= 11 is 1.81. The van der Waals surface area contributed by atoms with E-state index in [2.05, 4.69) is 20.8 Å². The van der Waals surface area contributed by atoms with Gasteiger partial charge < -0.3 is 10.1 Å². The van der Waals surface area contributed by atoms with Crippen molar-refractivity contribution in [3.8, 4) is 0 Å². The SMILES string of the molecule is COC1CCCC(Sc2nnnn2CCNC2CC2)C1. The first-order chi connectivity index (χ1) is 9.85. The maximum atomic E-state index is 5.49. The molecule has 20 heavy (non-hydrogen) atoms. The summed E-state index contributed by atoms with van der Waals surface area (Å²) in [7, 11) is 1.81. The number of ether oxygens (including phenoxy) is 1. The molecule has 3 rings (SSSR count). The molecule has 1 aromatic heterocycles. The lowest BCUT2D eigenvalue weighted by Gasteiger charge is -2.27. The Morgan fingerprint density at radius 1 is 1.35 bits per heavy atom. The standard InChI is InChI=1S/C13H23N5OS/c1-19-11-3-2-4-12(9-11)20-13-15-16-17-18(13)8-7-14-10-5-6-10/h10-12,14H,2-9H2,1H3. The zero-order valence-electron chi connectivity index (χ0n) is 12.0. The number of rotatable bonds is 7. The molecule has 6 nitrogen and oxygen atoms in total. The van der Waals surface area contributed by atoms with Crippen molar-refractivity contribution in [2.45, 2.75) is 67.6 Å². The molecule has 0 aliphatic heterocycles. The van der Waals surface area contributed by atoms with Crippen LogP contribution in [0, 0.1) is 0 Å². The minimum absolute atomic E-state index is 0.405. The van der Waals surface area contributed by atoms with Gasteiger partial charge >= 0.3 is 0 Å². The predicted octanol–water partition coefficient (Wildman–Crippen LogP) is 1.47. The summed E-state index contributed by atoms with van der Waals surface area (Å²) in [5.41, 5.74) is 0. The lowest BCUT2D eigenvalue weighted by atomic mass is 9.97. The Hall–Kier alpha value is -0.660. The molecule has 0 amide bonds. The Balaban J connectivity index is 1.49. The van der Waals surface area contributed by atoms with E-state index in [1.165, 1.54) is 32.1 Å². The Labute approximate surface area is 124 Å². The molecular formula is C13H23N5OS. The van der Waals surface area contributed by atoms with E-state index in [1.54, 1.807) is 0 Å². The first-order valence-electron chi connectivity index (χ1n) is 7.54. The van der Waals surface area contributed by atoms with Crippen molar-refractivity contribution in [3.05, 3.63) is 0 Å². The van der Waals surface area contributed by atoms with E-state index in [0.29, 0.717) is 11.4 Å². The first-order valence-corrected chi connectivity index (χ1v) is 8.42. The molecule has 2 saturated carbocycles. The van der Waals surface area contributed by atoms with Crippen LogP contribution in [0.2, 0.25) is 0 Å². The number of hydrogen-bond donors (Lipinski definition) is 1. The number of methoxy groups -OCH3 is 1. The number of aromatic nitrogens is 4. The van der Waals surface area contributed by atoms with Crippen LogP contribution >= 0.6 is 11.8 Å². The molecule has 0 spiro atoms. The molecule has 0 aromatic carbocycles. The molecule has 0 radical (unpaired) electrons. The zero-order valence-corrected chi connectivity index (χ0v) is 12.8. The summed E-state index contributed by atoms with van der Waals surface area (Å²) in [6.07, 6.45) is 7.80. The largest absolute Gasteiger partial charge is 0.381 e. The first kappa shape index (κ1) is 14.3. The van der Waals surface area contributed by atoms with Crippen molar-refractivity contribution in [2.75, 3.05) is 13.7 Å². The van der Waals surface area contributed by atoms with Gasteiger partial charge in [-0.15, -0.1) is 5.10 Å². The van der Waals surface area contributed by atoms with E-state index < -0.39 is 0 Å². The van der Waals surface area contributed by atoms with Gasteiger partial charge in [0.05, 0.1) is 12.6 Å². The van der Waals surface area contributed by atoms with Gasteiger partial charge in [0.2, 0.25) is 5.16 Å². The second-order valence-electron chi connectivity index (χ2n) is 5.68. The minimum Gasteiger partial charge on any atom is -0.381 e. The van der Waals surface area contributed by atoms with Gasteiger partial charge in [-0.3, -0.25) is 0 Å². The fourth-order valence-corrected chi connectivity index (χ4v) is 3.88. The highest BCUT2D eigenvalue weighted by molar-refractivity contribution is 7.99. The van der Waals surface area contributed by atoms with Gasteiger partial charge in [0.25, 0.3) is 0 Å². The molecule has 2 unspecified atom stereocenters. The van der Waals surface area contributed by atoms with Gasteiger partial charge in [-0.1, -0.05) is 11.8 Å². The maximum Gasteiger partial charge on any atom is 0.209 e. The molecule has 2 aliphatic carbocycles. The van der Waals surface area contributed by atoms with Crippen LogP contribution in [0.15, 0.2) is 5.16 Å². The van der Waals surface area contributed by atoms with Crippen LogP contribution in [-0.4, -0.2) is 51.3 Å². The normalized spacial score (nSPS) is 26.9. The quantitative estimate of drug-likeness (QED) is 0.822. The van der Waals surface area contributed by atoms with Gasteiger partial charge in [-0.2, -0.15) is 0 Å². The van der Waals surface area contributed by atoms with Crippen LogP contribution in [0.4, 0.5) is 0 Å². The Morgan fingerprint density at radius 3 is 3.05 bits per heavy atom. The molecule has 1 heterocycles. The Morgan fingerprint density at radius 2 is 2.25 bits per heavy atom. The topological polar surface area (TPSA) is 64.9 Å². The second kappa shape index (κ2) is 6.87. The highest BCUT2D eigenvalue weighted by Gasteiger charge is 2.25. The lowest BCUT2D eigenvalue weighted by molar-refractivity contribution is 0.0730. The fourth-order valence-electron chi connectivity index (χ4n) is 2.66. The molecule has 2 atom stereocenters. The second-order valence-corrected chi connectivity index (χ2v) is 6.94. The van der Waals surface area contributed by atoms with Crippen LogP contribution in [-0.2, 0) is 11.3 Å². The van der Waals surface area contributed by atoms with Crippen molar-refractivity contribution in [3.63, 3.8) is 0 Å². The summed E-state index contributed by atoms with van der Waals surface area (Å²) in [6, 6.07) is 0.739. The number of nitrogens with zero attached hydrogens (tertiary/aromatic N) is 4. The molecule has 112 valence electrons. The predicted molar refractivity (Wildman–Crippen MR) is 77.8 cm³/mol. The summed E-state index contributed by atoms with van der Waals surface area (Å²) in [5, 5.41) is 17.1.